The van der Waals surface area contributed by atoms with Crippen LogP contribution in [0.3, 0.4) is 0 Å². The quantitative estimate of drug-likeness (QED) is 0.315. The summed E-state index contributed by atoms with van der Waals surface area (Å²) in [6.07, 6.45) is -0.255. The summed E-state index contributed by atoms with van der Waals surface area (Å²) in [5.74, 6) is -24.3. The van der Waals surface area contributed by atoms with E-state index in [2.05, 4.69) is 4.99 Å². The van der Waals surface area contributed by atoms with Crippen LogP contribution in [0.1, 0.15) is 5.56 Å². The normalized spacial score (nSPS) is 11.6. The Kier molecular flexibility index (Phi) is 4.54. The molecule has 0 bridgehead atoms. The van der Waals surface area contributed by atoms with Crippen LogP contribution in [0.5, 0.6) is 0 Å². The molecule has 0 aliphatic rings. The first-order valence-electron chi connectivity index (χ1n) is 5.66. The fourth-order valence-corrected chi connectivity index (χ4v) is 1.57. The van der Waals surface area contributed by atoms with Crippen molar-refractivity contribution in [2.75, 3.05) is 0 Å². The average molecular weight is 361 g/mol. The van der Waals surface area contributed by atoms with Gasteiger partial charge in [0.05, 0.1) is 5.56 Å². The van der Waals surface area contributed by atoms with Crippen LogP contribution in [0.25, 0.3) is 0 Å². The summed E-state index contributed by atoms with van der Waals surface area (Å²) in [5, 5.41) is 0. The van der Waals surface area contributed by atoms with Gasteiger partial charge in [-0.15, -0.1) is 0 Å². The Morgan fingerprint density at radius 3 is 1.08 bits per heavy atom. The van der Waals surface area contributed by atoms with Crippen LogP contribution < -0.4 is 0 Å². The zero-order chi connectivity index (χ0) is 18.3. The van der Waals surface area contributed by atoms with Crippen LogP contribution >= 0.6 is 0 Å². The minimum Gasteiger partial charge on any atom is -0.250 e. The van der Waals surface area contributed by atoms with E-state index < -0.39 is 69.4 Å². The summed E-state index contributed by atoms with van der Waals surface area (Å²) in [5.41, 5.74) is -3.59. The maximum absolute atomic E-state index is 13.3. The number of hydrogen-bond acceptors (Lipinski definition) is 1. The second kappa shape index (κ2) is 6.13. The summed E-state index contributed by atoms with van der Waals surface area (Å²) < 4.78 is 131. The van der Waals surface area contributed by atoms with Crippen molar-refractivity contribution < 1.29 is 43.9 Å². The molecule has 0 saturated carbocycles. The van der Waals surface area contributed by atoms with Crippen molar-refractivity contribution in [2.24, 2.45) is 4.99 Å². The Hall–Kier alpha value is -2.59. The van der Waals surface area contributed by atoms with Gasteiger partial charge in [-0.05, 0) is 0 Å². The Balaban J connectivity index is 2.67. The van der Waals surface area contributed by atoms with Gasteiger partial charge in [0, 0.05) is 6.21 Å². The summed E-state index contributed by atoms with van der Waals surface area (Å²) in [4.78, 5) is 2.61. The van der Waals surface area contributed by atoms with Crippen molar-refractivity contribution in [1.82, 2.24) is 0 Å². The number of benzene rings is 2. The summed E-state index contributed by atoms with van der Waals surface area (Å²) >= 11 is 0. The molecule has 0 aromatic heterocycles. The predicted molar refractivity (Wildman–Crippen MR) is 59.7 cm³/mol. The Bertz CT molecular complexity index is 745. The van der Waals surface area contributed by atoms with Gasteiger partial charge in [-0.1, -0.05) is 0 Å². The minimum absolute atomic E-state index is 0.255. The van der Waals surface area contributed by atoms with Crippen molar-refractivity contribution in [3.8, 4) is 0 Å². The molecule has 2 aromatic rings. The van der Waals surface area contributed by atoms with Crippen molar-refractivity contribution in [2.45, 2.75) is 0 Å². The second-order valence-corrected chi connectivity index (χ2v) is 4.16. The third kappa shape index (κ3) is 2.59. The molecule has 0 radical (unpaired) electrons. The first-order chi connectivity index (χ1) is 11.1. The van der Waals surface area contributed by atoms with Gasteiger partial charge in [0.15, 0.2) is 46.5 Å². The van der Waals surface area contributed by atoms with Crippen LogP contribution in [0, 0.1) is 58.2 Å². The summed E-state index contributed by atoms with van der Waals surface area (Å²) in [6.45, 7) is 0. The molecule has 0 fully saturated rings. The summed E-state index contributed by atoms with van der Waals surface area (Å²) in [7, 11) is 0. The maximum Gasteiger partial charge on any atom is 0.200 e. The summed E-state index contributed by atoms with van der Waals surface area (Å²) in [6, 6.07) is 0. The fourth-order valence-electron chi connectivity index (χ4n) is 1.57. The van der Waals surface area contributed by atoms with E-state index in [0.29, 0.717) is 0 Å². The van der Waals surface area contributed by atoms with E-state index in [1.807, 2.05) is 0 Å². The monoisotopic (exact) mass is 361 g/mol. The van der Waals surface area contributed by atoms with Gasteiger partial charge in [0.25, 0.3) is 0 Å². The van der Waals surface area contributed by atoms with Crippen molar-refractivity contribution in [3.63, 3.8) is 0 Å². The fraction of sp³-hybridized carbons (Fsp3) is 0. The molecule has 0 saturated heterocycles. The third-order valence-electron chi connectivity index (χ3n) is 2.75. The molecule has 0 aliphatic carbocycles. The van der Waals surface area contributed by atoms with Gasteiger partial charge in [-0.2, -0.15) is 0 Å². The lowest BCUT2D eigenvalue weighted by molar-refractivity contribution is 0.377. The Labute approximate surface area is 125 Å². The molecule has 0 aliphatic heterocycles. The molecular formula is C13HF10N. The number of hydrogen-bond donors (Lipinski definition) is 0. The molecular weight excluding hydrogens is 360 g/mol. The van der Waals surface area contributed by atoms with E-state index in [0.717, 1.165) is 0 Å². The van der Waals surface area contributed by atoms with E-state index in [1.54, 1.807) is 0 Å². The largest absolute Gasteiger partial charge is 0.250 e. The van der Waals surface area contributed by atoms with Crippen LogP contribution in [0.4, 0.5) is 49.6 Å². The van der Waals surface area contributed by atoms with E-state index >= 15 is 0 Å². The highest BCUT2D eigenvalue weighted by Crippen LogP contribution is 2.30. The molecule has 0 unspecified atom stereocenters. The maximum atomic E-state index is 13.3. The highest BCUT2D eigenvalue weighted by molar-refractivity contribution is 5.83. The molecule has 0 atom stereocenters. The first-order valence-corrected chi connectivity index (χ1v) is 5.66. The van der Waals surface area contributed by atoms with E-state index in [4.69, 9.17) is 0 Å². The molecule has 2 rings (SSSR count). The highest BCUT2D eigenvalue weighted by atomic mass is 19.2. The Morgan fingerprint density at radius 1 is 0.417 bits per heavy atom. The Morgan fingerprint density at radius 2 is 0.708 bits per heavy atom. The molecule has 24 heavy (non-hydrogen) atoms. The number of halogens is 10. The van der Waals surface area contributed by atoms with Crippen LogP contribution in [-0.4, -0.2) is 6.21 Å². The number of rotatable bonds is 2. The van der Waals surface area contributed by atoms with Gasteiger partial charge in [-0.25, -0.2) is 48.9 Å². The number of nitrogens with zero attached hydrogens (tertiary/aromatic N) is 1. The SMILES string of the molecule is Fc1c(F)c(F)c(C=Nc2c(F)c(F)c(F)c(F)c2F)c(F)c1F. The molecule has 0 N–H and O–H groups in total. The first kappa shape index (κ1) is 17.8. The van der Waals surface area contributed by atoms with Gasteiger partial charge < -0.3 is 0 Å². The number of aliphatic imine (C=N–C) groups is 1. The zero-order valence-corrected chi connectivity index (χ0v) is 10.8. The molecule has 0 amide bonds. The molecule has 128 valence electrons. The van der Waals surface area contributed by atoms with Crippen molar-refractivity contribution in [3.05, 3.63) is 63.7 Å². The minimum atomic E-state index is -2.51. The van der Waals surface area contributed by atoms with Crippen LogP contribution in [-0.2, 0) is 0 Å². The molecule has 11 heteroatoms. The molecule has 0 heterocycles. The van der Waals surface area contributed by atoms with E-state index in [9.17, 15) is 43.9 Å². The zero-order valence-electron chi connectivity index (χ0n) is 10.8. The van der Waals surface area contributed by atoms with Gasteiger partial charge in [0.2, 0.25) is 11.6 Å². The third-order valence-corrected chi connectivity index (χ3v) is 2.75. The van der Waals surface area contributed by atoms with Crippen molar-refractivity contribution >= 4 is 11.9 Å². The standard InChI is InChI=1S/C13HF10N/c14-3-2(4(15)6(17)7(18)5(3)16)1-24-13-11(22)9(20)8(19)10(21)12(13)23/h1H. The van der Waals surface area contributed by atoms with Gasteiger partial charge >= 0.3 is 0 Å². The molecule has 1 nitrogen and oxygen atoms in total. The van der Waals surface area contributed by atoms with Crippen LogP contribution in [0.2, 0.25) is 0 Å². The topological polar surface area (TPSA) is 12.4 Å². The second-order valence-electron chi connectivity index (χ2n) is 4.16. The van der Waals surface area contributed by atoms with Crippen LogP contribution in [0.15, 0.2) is 4.99 Å². The van der Waals surface area contributed by atoms with Gasteiger partial charge in [0.1, 0.15) is 5.69 Å². The van der Waals surface area contributed by atoms with Gasteiger partial charge in [-0.3, -0.25) is 0 Å². The van der Waals surface area contributed by atoms with E-state index in [-0.39, 0.29) is 6.21 Å². The predicted octanol–water partition coefficient (Wildman–Crippen LogP) is 4.83. The lowest BCUT2D eigenvalue weighted by Gasteiger charge is -2.05. The molecule has 0 spiro atoms. The van der Waals surface area contributed by atoms with E-state index in [1.165, 1.54) is 0 Å². The lowest BCUT2D eigenvalue weighted by atomic mass is 10.2. The lowest BCUT2D eigenvalue weighted by Crippen LogP contribution is -2.07. The average Bonchev–Trinajstić information content (AvgIpc) is 2.57. The van der Waals surface area contributed by atoms with Crippen molar-refractivity contribution in [1.29, 1.82) is 0 Å². The smallest absolute Gasteiger partial charge is 0.200 e. The highest BCUT2D eigenvalue weighted by Gasteiger charge is 2.27. The molecule has 2 aromatic carbocycles.